The summed E-state index contributed by atoms with van der Waals surface area (Å²) in [4.78, 5) is 11.6. The van der Waals surface area contributed by atoms with Gasteiger partial charge in [0.25, 0.3) is 0 Å². The maximum absolute atomic E-state index is 11.6. The van der Waals surface area contributed by atoms with Gasteiger partial charge in [0.05, 0.1) is 25.9 Å². The van der Waals surface area contributed by atoms with Crippen LogP contribution in [0, 0.1) is 0 Å². The molecule has 0 aliphatic heterocycles. The quantitative estimate of drug-likeness (QED) is 0.430. The Hall–Kier alpha value is -1.81. The number of rotatable bonds is 7. The summed E-state index contributed by atoms with van der Waals surface area (Å²) < 4.78 is 15.8. The van der Waals surface area contributed by atoms with Gasteiger partial charge in [-0.3, -0.25) is 0 Å². The third-order valence-electron chi connectivity index (χ3n) is 3.65. The molecule has 0 N–H and O–H groups in total. The topological polar surface area (TPSA) is 44.8 Å². The van der Waals surface area contributed by atoms with Crippen molar-refractivity contribution < 1.29 is 19.0 Å². The summed E-state index contributed by atoms with van der Waals surface area (Å²) in [6, 6.07) is 8.35. The molecule has 0 radical (unpaired) electrons. The number of carbonyl (C=O) groups excluding carboxylic acids is 1. The van der Waals surface area contributed by atoms with Crippen molar-refractivity contribution in [1.29, 1.82) is 0 Å². The molecule has 1 rings (SSSR count). The van der Waals surface area contributed by atoms with E-state index < -0.39 is 5.97 Å². The van der Waals surface area contributed by atoms with Crippen LogP contribution in [-0.4, -0.2) is 26.8 Å². The van der Waals surface area contributed by atoms with Crippen molar-refractivity contribution in [3.63, 3.8) is 0 Å². The van der Waals surface area contributed by atoms with E-state index in [1.807, 2.05) is 0 Å². The number of methoxy groups -OCH3 is 2. The number of carbonyl (C=O) groups is 1. The molecule has 0 aliphatic carbocycles. The number of ether oxygens (including phenoxy) is 3. The highest BCUT2D eigenvalue weighted by Crippen LogP contribution is 2.28. The van der Waals surface area contributed by atoms with Crippen molar-refractivity contribution in [3.05, 3.63) is 47.2 Å². The van der Waals surface area contributed by atoms with E-state index in [4.69, 9.17) is 14.2 Å². The molecule has 1 aromatic carbocycles. The second-order valence-electron chi connectivity index (χ2n) is 6.37. The highest BCUT2D eigenvalue weighted by Gasteiger charge is 2.17. The lowest BCUT2D eigenvalue weighted by molar-refractivity contribution is -0.137. The van der Waals surface area contributed by atoms with Crippen LogP contribution in [0.4, 0.5) is 0 Å². The summed E-state index contributed by atoms with van der Waals surface area (Å²) in [5.74, 6) is 0.137. The zero-order chi connectivity index (χ0) is 17.5. The van der Waals surface area contributed by atoms with Gasteiger partial charge in [-0.15, -0.1) is 0 Å². The van der Waals surface area contributed by atoms with Crippen molar-refractivity contribution in [2.75, 3.05) is 20.8 Å². The first-order valence-corrected chi connectivity index (χ1v) is 7.86. The number of hydrogen-bond acceptors (Lipinski definition) is 4. The lowest BCUT2D eigenvalue weighted by Gasteiger charge is -2.21. The van der Waals surface area contributed by atoms with Gasteiger partial charge in [0.1, 0.15) is 5.76 Å². The summed E-state index contributed by atoms with van der Waals surface area (Å²) >= 11 is 0. The Morgan fingerprint density at radius 1 is 1.17 bits per heavy atom. The first kappa shape index (κ1) is 19.2. The molecule has 0 heterocycles. The molecular weight excluding hydrogens is 292 g/mol. The van der Waals surface area contributed by atoms with Crippen molar-refractivity contribution in [3.8, 4) is 0 Å². The highest BCUT2D eigenvalue weighted by atomic mass is 16.5. The van der Waals surface area contributed by atoms with E-state index >= 15 is 0 Å². The molecule has 0 aromatic heterocycles. The number of benzene rings is 1. The monoisotopic (exact) mass is 320 g/mol. The van der Waals surface area contributed by atoms with E-state index in [0.29, 0.717) is 18.8 Å². The fourth-order valence-corrected chi connectivity index (χ4v) is 2.23. The molecule has 4 heteroatoms. The van der Waals surface area contributed by atoms with Crippen molar-refractivity contribution in [2.24, 2.45) is 0 Å². The van der Waals surface area contributed by atoms with Gasteiger partial charge in [0.2, 0.25) is 0 Å². The van der Waals surface area contributed by atoms with Crippen molar-refractivity contribution >= 4 is 5.97 Å². The van der Waals surface area contributed by atoms with E-state index in [-0.39, 0.29) is 11.5 Å². The van der Waals surface area contributed by atoms with Gasteiger partial charge >= 0.3 is 5.97 Å². The second kappa shape index (κ2) is 8.73. The average molecular weight is 320 g/mol. The molecule has 0 aliphatic rings. The maximum Gasteiger partial charge on any atom is 0.334 e. The predicted molar refractivity (Wildman–Crippen MR) is 91.2 cm³/mol. The highest BCUT2D eigenvalue weighted by molar-refractivity contribution is 5.82. The molecule has 1 unspecified atom stereocenters. The molecule has 0 saturated carbocycles. The smallest absolute Gasteiger partial charge is 0.334 e. The minimum atomic E-state index is -0.401. The molecule has 4 nitrogen and oxygen atoms in total. The first-order chi connectivity index (χ1) is 10.8. The second-order valence-corrected chi connectivity index (χ2v) is 6.37. The molecule has 0 bridgehead atoms. The standard InChI is InChI=1S/C19H28O4/c1-7-23-18(20)13-16(21-5)12-17(22-6)14-8-10-15(11-9-14)19(2,3)4/h8-11,13,17H,7,12H2,1-6H3/b16-13-. The van der Waals surface area contributed by atoms with Crippen LogP contribution in [0.2, 0.25) is 0 Å². The Labute approximate surface area is 139 Å². The van der Waals surface area contributed by atoms with Crippen molar-refractivity contribution in [2.45, 2.75) is 45.6 Å². The fraction of sp³-hybridized carbons (Fsp3) is 0.526. The molecule has 23 heavy (non-hydrogen) atoms. The van der Waals surface area contributed by atoms with Crippen LogP contribution in [0.25, 0.3) is 0 Å². The van der Waals surface area contributed by atoms with Gasteiger partial charge in [-0.2, -0.15) is 0 Å². The Kier molecular flexibility index (Phi) is 7.30. The lowest BCUT2D eigenvalue weighted by atomic mass is 9.86. The van der Waals surface area contributed by atoms with E-state index in [1.54, 1.807) is 21.1 Å². The van der Waals surface area contributed by atoms with Crippen LogP contribution in [0.5, 0.6) is 0 Å². The van der Waals surface area contributed by atoms with Crippen LogP contribution < -0.4 is 0 Å². The minimum Gasteiger partial charge on any atom is -0.501 e. The zero-order valence-corrected chi connectivity index (χ0v) is 15.0. The summed E-state index contributed by atoms with van der Waals surface area (Å²) in [5, 5.41) is 0. The molecule has 0 spiro atoms. The Morgan fingerprint density at radius 2 is 1.78 bits per heavy atom. The van der Waals surface area contributed by atoms with Crippen LogP contribution in [0.1, 0.15) is 51.3 Å². The van der Waals surface area contributed by atoms with Crippen LogP contribution in [0.15, 0.2) is 36.1 Å². The van der Waals surface area contributed by atoms with Crippen LogP contribution in [0.3, 0.4) is 0 Å². The fourth-order valence-electron chi connectivity index (χ4n) is 2.23. The molecule has 0 saturated heterocycles. The molecule has 0 amide bonds. The van der Waals surface area contributed by atoms with Crippen LogP contribution >= 0.6 is 0 Å². The normalized spacial score (nSPS) is 13.6. The molecule has 1 aromatic rings. The summed E-state index contributed by atoms with van der Waals surface area (Å²) in [7, 11) is 3.19. The molecular formula is C19H28O4. The number of esters is 1. The van der Waals surface area contributed by atoms with Gasteiger partial charge in [-0.05, 0) is 23.5 Å². The minimum absolute atomic E-state index is 0.114. The Bertz CT molecular complexity index is 523. The summed E-state index contributed by atoms with van der Waals surface area (Å²) in [5.41, 5.74) is 2.43. The number of hydrogen-bond donors (Lipinski definition) is 0. The average Bonchev–Trinajstić information content (AvgIpc) is 2.51. The van der Waals surface area contributed by atoms with E-state index in [1.165, 1.54) is 11.6 Å². The van der Waals surface area contributed by atoms with Gasteiger partial charge in [0, 0.05) is 13.5 Å². The van der Waals surface area contributed by atoms with Gasteiger partial charge in [-0.1, -0.05) is 45.0 Å². The van der Waals surface area contributed by atoms with Crippen LogP contribution in [-0.2, 0) is 24.4 Å². The molecule has 0 fully saturated rings. The van der Waals surface area contributed by atoms with E-state index in [2.05, 4.69) is 45.0 Å². The third-order valence-corrected chi connectivity index (χ3v) is 3.65. The first-order valence-electron chi connectivity index (χ1n) is 7.86. The zero-order valence-electron chi connectivity index (χ0n) is 15.0. The molecule has 1 atom stereocenters. The third kappa shape index (κ3) is 6.06. The summed E-state index contributed by atoms with van der Waals surface area (Å²) in [6.45, 7) is 8.66. The van der Waals surface area contributed by atoms with Crippen molar-refractivity contribution in [1.82, 2.24) is 0 Å². The van der Waals surface area contributed by atoms with Gasteiger partial charge < -0.3 is 14.2 Å². The van der Waals surface area contributed by atoms with Gasteiger partial charge in [-0.25, -0.2) is 4.79 Å². The lowest BCUT2D eigenvalue weighted by Crippen LogP contribution is -2.12. The predicted octanol–water partition coefficient (Wildman–Crippen LogP) is 4.16. The van der Waals surface area contributed by atoms with Gasteiger partial charge in [0.15, 0.2) is 0 Å². The largest absolute Gasteiger partial charge is 0.501 e. The SMILES string of the molecule is CCOC(=O)/C=C(/CC(OC)c1ccc(C(C)(C)C)cc1)OC. The maximum atomic E-state index is 11.6. The van der Waals surface area contributed by atoms with E-state index in [9.17, 15) is 4.79 Å². The van der Waals surface area contributed by atoms with E-state index in [0.717, 1.165) is 5.56 Å². The summed E-state index contributed by atoms with van der Waals surface area (Å²) in [6.07, 6.45) is 1.67. The Balaban J connectivity index is 2.89. The molecule has 128 valence electrons. The Morgan fingerprint density at radius 3 is 2.22 bits per heavy atom.